The summed E-state index contributed by atoms with van der Waals surface area (Å²) in [5.41, 5.74) is 0.904. The van der Waals surface area contributed by atoms with Crippen LogP contribution in [-0.4, -0.2) is 46.5 Å². The molecule has 0 aliphatic carbocycles. The van der Waals surface area contributed by atoms with Gasteiger partial charge in [0.15, 0.2) is 5.72 Å². The smallest absolute Gasteiger partial charge is 0.254 e. The van der Waals surface area contributed by atoms with Crippen LogP contribution in [0.2, 0.25) is 5.02 Å². The molecule has 1 spiro atoms. The number of likely N-dealkylation sites (tertiary alicyclic amines) is 1. The fraction of sp³-hybridized carbons (Fsp3) is 0.333. The van der Waals surface area contributed by atoms with E-state index in [1.54, 1.807) is 29.2 Å². The zero-order valence-corrected chi connectivity index (χ0v) is 15.4. The van der Waals surface area contributed by atoms with Gasteiger partial charge in [0.25, 0.3) is 5.91 Å². The van der Waals surface area contributed by atoms with Crippen molar-refractivity contribution in [2.45, 2.75) is 30.7 Å². The monoisotopic (exact) mass is 382 g/mol. The molecule has 138 valence electrons. The van der Waals surface area contributed by atoms with Crippen molar-refractivity contribution in [1.82, 2.24) is 9.80 Å². The van der Waals surface area contributed by atoms with Gasteiger partial charge in [-0.1, -0.05) is 48.0 Å². The summed E-state index contributed by atoms with van der Waals surface area (Å²) in [6, 6.07) is 16.6. The molecule has 0 radical (unpaired) electrons. The average molecular weight is 383 g/mol. The molecule has 0 saturated carbocycles. The summed E-state index contributed by atoms with van der Waals surface area (Å²) in [5, 5.41) is 0.528. The maximum Gasteiger partial charge on any atom is 0.254 e. The van der Waals surface area contributed by atoms with Gasteiger partial charge in [-0.05, 0) is 23.8 Å². The summed E-state index contributed by atoms with van der Waals surface area (Å²) in [6.45, 7) is 1.11. The zero-order chi connectivity index (χ0) is 18.6. The molecule has 3 saturated heterocycles. The van der Waals surface area contributed by atoms with Crippen LogP contribution < -0.4 is 0 Å². The number of nitrogens with zero attached hydrogens (tertiary/aromatic N) is 2. The van der Waals surface area contributed by atoms with Gasteiger partial charge in [0, 0.05) is 23.6 Å². The van der Waals surface area contributed by atoms with Crippen LogP contribution >= 0.6 is 11.6 Å². The minimum atomic E-state index is -0.703. The summed E-state index contributed by atoms with van der Waals surface area (Å²) in [4.78, 5) is 29.4. The summed E-state index contributed by atoms with van der Waals surface area (Å²) >= 11 is 6.05. The standard InChI is InChI=1S/C21H19ClN2O3/c22-16-8-4-7-15(11-16)20(26)23-10-9-21-18(23)12-19(25)24(21)13-17(27-21)14-5-2-1-3-6-14/h1-8,11,17-18H,9-10,12-13H2/t17-,18-,21+/m1/s1. The highest BCUT2D eigenvalue weighted by molar-refractivity contribution is 6.31. The molecule has 3 heterocycles. The molecule has 5 rings (SSSR count). The van der Waals surface area contributed by atoms with Gasteiger partial charge in [-0.25, -0.2) is 0 Å². The molecule has 6 heteroatoms. The van der Waals surface area contributed by atoms with Crippen LogP contribution in [0.25, 0.3) is 0 Å². The van der Waals surface area contributed by atoms with Crippen molar-refractivity contribution in [3.05, 3.63) is 70.7 Å². The summed E-state index contributed by atoms with van der Waals surface area (Å²) in [5.74, 6) is -0.0391. The Kier molecular flexibility index (Phi) is 3.78. The van der Waals surface area contributed by atoms with Crippen LogP contribution in [0.1, 0.15) is 34.9 Å². The third kappa shape index (κ3) is 2.49. The highest BCUT2D eigenvalue weighted by Crippen LogP contribution is 2.50. The van der Waals surface area contributed by atoms with E-state index in [-0.39, 0.29) is 24.0 Å². The molecule has 2 aromatic carbocycles. The van der Waals surface area contributed by atoms with Crippen LogP contribution in [0.4, 0.5) is 0 Å². The Morgan fingerprint density at radius 2 is 1.96 bits per heavy atom. The van der Waals surface area contributed by atoms with Gasteiger partial charge in [0.2, 0.25) is 5.91 Å². The SMILES string of the molecule is O=C(c1cccc(Cl)c1)N1CC[C@@]23O[C@@H](c4ccccc4)CN2C(=O)C[C@@H]13. The van der Waals surface area contributed by atoms with E-state index in [4.69, 9.17) is 16.3 Å². The lowest BCUT2D eigenvalue weighted by atomic mass is 10.1. The maximum absolute atomic E-state index is 13.1. The molecule has 0 unspecified atom stereocenters. The number of hydrogen-bond acceptors (Lipinski definition) is 3. The van der Waals surface area contributed by atoms with Gasteiger partial charge in [0.1, 0.15) is 6.10 Å². The van der Waals surface area contributed by atoms with Gasteiger partial charge < -0.3 is 14.5 Å². The second-order valence-electron chi connectivity index (χ2n) is 7.35. The quantitative estimate of drug-likeness (QED) is 0.801. The second kappa shape index (κ2) is 6.08. The minimum absolute atomic E-state index is 0.0574. The predicted octanol–water partition coefficient (Wildman–Crippen LogP) is 3.25. The van der Waals surface area contributed by atoms with Crippen molar-refractivity contribution >= 4 is 23.4 Å². The molecule has 27 heavy (non-hydrogen) atoms. The first kappa shape index (κ1) is 16.8. The number of amides is 2. The first-order valence-corrected chi connectivity index (χ1v) is 9.56. The van der Waals surface area contributed by atoms with E-state index in [2.05, 4.69) is 0 Å². The number of hydrogen-bond donors (Lipinski definition) is 0. The molecule has 3 aliphatic heterocycles. The Labute approximate surface area is 162 Å². The third-order valence-corrected chi connectivity index (χ3v) is 6.17. The Hall–Kier alpha value is -2.37. The summed E-state index contributed by atoms with van der Waals surface area (Å²) < 4.78 is 6.48. The number of benzene rings is 2. The Balaban J connectivity index is 1.45. The highest BCUT2D eigenvalue weighted by atomic mass is 35.5. The molecule has 0 bridgehead atoms. The predicted molar refractivity (Wildman–Crippen MR) is 100 cm³/mol. The number of ether oxygens (including phenoxy) is 1. The second-order valence-corrected chi connectivity index (χ2v) is 7.78. The van der Waals surface area contributed by atoms with E-state index in [9.17, 15) is 9.59 Å². The van der Waals surface area contributed by atoms with E-state index in [1.165, 1.54) is 0 Å². The van der Waals surface area contributed by atoms with Gasteiger partial charge >= 0.3 is 0 Å². The van der Waals surface area contributed by atoms with Crippen LogP contribution in [0, 0.1) is 0 Å². The molecule has 0 aromatic heterocycles. The first-order valence-electron chi connectivity index (χ1n) is 9.18. The van der Waals surface area contributed by atoms with Crippen molar-refractivity contribution < 1.29 is 14.3 Å². The fourth-order valence-electron chi connectivity index (χ4n) is 4.70. The Bertz CT molecular complexity index is 919. The molecule has 2 aromatic rings. The van der Waals surface area contributed by atoms with Crippen LogP contribution in [-0.2, 0) is 9.53 Å². The molecule has 0 N–H and O–H groups in total. The minimum Gasteiger partial charge on any atom is -0.343 e. The van der Waals surface area contributed by atoms with Crippen molar-refractivity contribution in [3.63, 3.8) is 0 Å². The molecule has 3 fully saturated rings. The van der Waals surface area contributed by atoms with E-state index >= 15 is 0 Å². The van der Waals surface area contributed by atoms with Crippen molar-refractivity contribution in [2.24, 2.45) is 0 Å². The van der Waals surface area contributed by atoms with Gasteiger partial charge in [-0.15, -0.1) is 0 Å². The fourth-order valence-corrected chi connectivity index (χ4v) is 4.89. The Morgan fingerprint density at radius 3 is 2.74 bits per heavy atom. The van der Waals surface area contributed by atoms with Crippen molar-refractivity contribution in [1.29, 1.82) is 0 Å². The molecule has 3 atom stereocenters. The lowest BCUT2D eigenvalue weighted by molar-refractivity contribution is -0.138. The number of rotatable bonds is 2. The number of carbonyl (C=O) groups is 2. The van der Waals surface area contributed by atoms with Gasteiger partial charge in [-0.3, -0.25) is 9.59 Å². The molecule has 2 amide bonds. The van der Waals surface area contributed by atoms with E-state index in [0.29, 0.717) is 36.5 Å². The van der Waals surface area contributed by atoms with Crippen molar-refractivity contribution in [3.8, 4) is 0 Å². The lowest BCUT2D eigenvalue weighted by Crippen LogP contribution is -2.48. The van der Waals surface area contributed by atoms with E-state index < -0.39 is 5.72 Å². The lowest BCUT2D eigenvalue weighted by Gasteiger charge is -2.32. The van der Waals surface area contributed by atoms with E-state index in [1.807, 2.05) is 35.2 Å². The number of carbonyl (C=O) groups excluding carboxylic acids is 2. The molecule has 5 nitrogen and oxygen atoms in total. The average Bonchev–Trinajstić information content (AvgIpc) is 3.30. The summed E-state index contributed by atoms with van der Waals surface area (Å²) in [7, 11) is 0. The summed E-state index contributed by atoms with van der Waals surface area (Å²) in [6.07, 6.45) is 0.798. The largest absolute Gasteiger partial charge is 0.343 e. The topological polar surface area (TPSA) is 49.9 Å². The molecular formula is C21H19ClN2O3. The number of halogens is 1. The zero-order valence-electron chi connectivity index (χ0n) is 14.7. The van der Waals surface area contributed by atoms with Gasteiger partial charge in [0.05, 0.1) is 19.0 Å². The van der Waals surface area contributed by atoms with Crippen molar-refractivity contribution in [2.75, 3.05) is 13.1 Å². The highest BCUT2D eigenvalue weighted by Gasteiger charge is 2.64. The van der Waals surface area contributed by atoms with Crippen LogP contribution in [0.5, 0.6) is 0 Å². The van der Waals surface area contributed by atoms with Crippen LogP contribution in [0.15, 0.2) is 54.6 Å². The first-order chi connectivity index (χ1) is 13.1. The van der Waals surface area contributed by atoms with Crippen LogP contribution in [0.3, 0.4) is 0 Å². The molecule has 3 aliphatic rings. The third-order valence-electron chi connectivity index (χ3n) is 5.93. The Morgan fingerprint density at radius 1 is 1.15 bits per heavy atom. The van der Waals surface area contributed by atoms with E-state index in [0.717, 1.165) is 5.56 Å². The maximum atomic E-state index is 13.1. The molecular weight excluding hydrogens is 364 g/mol. The normalized spacial score (nSPS) is 29.1. The van der Waals surface area contributed by atoms with Gasteiger partial charge in [-0.2, -0.15) is 0 Å².